The van der Waals surface area contributed by atoms with Crippen molar-refractivity contribution < 1.29 is 18.7 Å². The van der Waals surface area contributed by atoms with Gasteiger partial charge in [0.15, 0.2) is 5.54 Å². The number of fused-ring (bicyclic) bond motifs is 1. The molecule has 0 unspecified atom stereocenters. The number of rotatable bonds is 5. The van der Waals surface area contributed by atoms with Crippen LogP contribution >= 0.6 is 0 Å². The van der Waals surface area contributed by atoms with E-state index >= 15 is 0 Å². The van der Waals surface area contributed by atoms with Crippen molar-refractivity contribution in [3.8, 4) is 5.75 Å². The number of ether oxygens (including phenoxy) is 1. The third-order valence-electron chi connectivity index (χ3n) is 4.80. The van der Waals surface area contributed by atoms with Gasteiger partial charge in [-0.25, -0.2) is 4.79 Å². The molecule has 0 radical (unpaired) electrons. The van der Waals surface area contributed by atoms with E-state index in [1.54, 1.807) is 13.0 Å². The van der Waals surface area contributed by atoms with Gasteiger partial charge >= 0.3 is 6.03 Å². The number of benzene rings is 2. The molecule has 4 rings (SSSR count). The second kappa shape index (κ2) is 6.46. The number of furan rings is 1. The Balaban J connectivity index is 1.48. The monoisotopic (exact) mass is 364 g/mol. The van der Waals surface area contributed by atoms with E-state index in [-0.39, 0.29) is 19.1 Å². The quantitative estimate of drug-likeness (QED) is 0.703. The summed E-state index contributed by atoms with van der Waals surface area (Å²) in [6, 6.07) is 16.4. The van der Waals surface area contributed by atoms with Crippen molar-refractivity contribution in [2.24, 2.45) is 0 Å². The predicted octanol–water partition coefficient (Wildman–Crippen LogP) is 3.59. The summed E-state index contributed by atoms with van der Waals surface area (Å²) < 4.78 is 11.5. The molecule has 0 aliphatic carbocycles. The summed E-state index contributed by atoms with van der Waals surface area (Å²) in [6.45, 7) is 4.04. The Bertz CT molecular complexity index is 975. The zero-order valence-electron chi connectivity index (χ0n) is 15.2. The van der Waals surface area contributed by atoms with Crippen LogP contribution in [0.2, 0.25) is 0 Å². The average molecular weight is 364 g/mol. The standard InChI is InChI=1S/C21H20N2O4/c1-14-7-9-16(10-8-14)26-12-11-23-19(24)21(2,22-20(23)25)18-13-15-5-3-4-6-17(15)27-18/h3-10,13H,11-12H2,1-2H3,(H,22,25)/t21-/m1/s1. The van der Waals surface area contributed by atoms with Gasteiger partial charge in [-0.15, -0.1) is 0 Å². The molecule has 1 fully saturated rings. The van der Waals surface area contributed by atoms with Crippen LogP contribution < -0.4 is 10.1 Å². The highest BCUT2D eigenvalue weighted by molar-refractivity contribution is 6.07. The van der Waals surface area contributed by atoms with Gasteiger partial charge in [-0.3, -0.25) is 9.69 Å². The molecule has 0 saturated carbocycles. The molecule has 3 amide bonds. The molecule has 1 aromatic heterocycles. The summed E-state index contributed by atoms with van der Waals surface area (Å²) in [5, 5.41) is 3.64. The Morgan fingerprint density at radius 3 is 2.59 bits per heavy atom. The summed E-state index contributed by atoms with van der Waals surface area (Å²) in [4.78, 5) is 26.5. The Hall–Kier alpha value is -3.28. The molecule has 1 aliphatic heterocycles. The van der Waals surface area contributed by atoms with Gasteiger partial charge in [0.2, 0.25) is 0 Å². The lowest BCUT2D eigenvalue weighted by atomic mass is 9.99. The third-order valence-corrected chi connectivity index (χ3v) is 4.80. The molecule has 1 atom stereocenters. The van der Waals surface area contributed by atoms with Gasteiger partial charge in [0.05, 0.1) is 6.54 Å². The predicted molar refractivity (Wildman–Crippen MR) is 100 cm³/mol. The number of aryl methyl sites for hydroxylation is 1. The molecule has 1 saturated heterocycles. The van der Waals surface area contributed by atoms with Crippen molar-refractivity contribution in [1.29, 1.82) is 0 Å². The number of urea groups is 1. The van der Waals surface area contributed by atoms with Crippen LogP contribution in [0.3, 0.4) is 0 Å². The third kappa shape index (κ3) is 3.03. The molecule has 1 N–H and O–H groups in total. The zero-order valence-corrected chi connectivity index (χ0v) is 15.2. The fourth-order valence-electron chi connectivity index (χ4n) is 3.18. The van der Waals surface area contributed by atoms with Gasteiger partial charge in [-0.2, -0.15) is 0 Å². The molecule has 0 spiro atoms. The molecule has 3 aromatic rings. The molecule has 6 heteroatoms. The van der Waals surface area contributed by atoms with Crippen molar-refractivity contribution in [2.75, 3.05) is 13.2 Å². The minimum atomic E-state index is -1.22. The minimum Gasteiger partial charge on any atom is -0.492 e. The van der Waals surface area contributed by atoms with Gasteiger partial charge in [0.25, 0.3) is 5.91 Å². The SMILES string of the molecule is Cc1ccc(OCCN2C(=O)N[C@](C)(c3cc4ccccc4o3)C2=O)cc1. The lowest BCUT2D eigenvalue weighted by Crippen LogP contribution is -2.41. The summed E-state index contributed by atoms with van der Waals surface area (Å²) >= 11 is 0. The van der Waals surface area contributed by atoms with Crippen LogP contribution in [-0.4, -0.2) is 30.0 Å². The molecule has 0 bridgehead atoms. The van der Waals surface area contributed by atoms with Gasteiger partial charge in [0, 0.05) is 5.39 Å². The number of carbonyl (C=O) groups is 2. The second-order valence-electron chi connectivity index (χ2n) is 6.82. The molecule has 2 heterocycles. The highest BCUT2D eigenvalue weighted by Gasteiger charge is 2.51. The van der Waals surface area contributed by atoms with Gasteiger partial charge in [-0.1, -0.05) is 35.9 Å². The first-order chi connectivity index (χ1) is 13.0. The maximum absolute atomic E-state index is 12.9. The van der Waals surface area contributed by atoms with E-state index in [1.165, 1.54) is 4.90 Å². The first-order valence-electron chi connectivity index (χ1n) is 8.80. The van der Waals surface area contributed by atoms with Gasteiger partial charge in [0.1, 0.15) is 23.7 Å². The van der Waals surface area contributed by atoms with Crippen molar-refractivity contribution in [3.63, 3.8) is 0 Å². The number of hydrogen-bond acceptors (Lipinski definition) is 4. The number of imide groups is 1. The molecule has 2 aromatic carbocycles. The Morgan fingerprint density at radius 2 is 1.85 bits per heavy atom. The van der Waals surface area contributed by atoms with Gasteiger partial charge < -0.3 is 14.5 Å². The lowest BCUT2D eigenvalue weighted by Gasteiger charge is -2.19. The fourth-order valence-corrected chi connectivity index (χ4v) is 3.18. The van der Waals surface area contributed by atoms with E-state index in [1.807, 2.05) is 55.5 Å². The van der Waals surface area contributed by atoms with Crippen molar-refractivity contribution in [3.05, 3.63) is 65.9 Å². The number of nitrogens with one attached hydrogen (secondary N) is 1. The first-order valence-corrected chi connectivity index (χ1v) is 8.80. The Kier molecular flexibility index (Phi) is 4.11. The van der Waals surface area contributed by atoms with Crippen molar-refractivity contribution >= 4 is 22.9 Å². The number of amides is 3. The van der Waals surface area contributed by atoms with Crippen LogP contribution in [0.4, 0.5) is 4.79 Å². The minimum absolute atomic E-state index is 0.161. The van der Waals surface area contributed by atoms with E-state index in [2.05, 4.69) is 5.32 Å². The van der Waals surface area contributed by atoms with Crippen LogP contribution in [0, 0.1) is 6.92 Å². The Labute approximate surface area is 156 Å². The summed E-state index contributed by atoms with van der Waals surface area (Å²) in [5.41, 5.74) is 0.593. The molecule has 27 heavy (non-hydrogen) atoms. The van der Waals surface area contributed by atoms with E-state index in [0.717, 1.165) is 10.9 Å². The van der Waals surface area contributed by atoms with Gasteiger partial charge in [-0.05, 0) is 38.1 Å². The fraction of sp³-hybridized carbons (Fsp3) is 0.238. The highest BCUT2D eigenvalue weighted by atomic mass is 16.5. The van der Waals surface area contributed by atoms with Crippen molar-refractivity contribution in [1.82, 2.24) is 10.2 Å². The summed E-state index contributed by atoms with van der Waals surface area (Å²) in [7, 11) is 0. The normalized spacial score (nSPS) is 19.6. The number of hydrogen-bond donors (Lipinski definition) is 1. The van der Waals surface area contributed by atoms with E-state index in [9.17, 15) is 9.59 Å². The van der Waals surface area contributed by atoms with Crippen LogP contribution in [0.5, 0.6) is 5.75 Å². The summed E-state index contributed by atoms with van der Waals surface area (Å²) in [6.07, 6.45) is 0. The highest BCUT2D eigenvalue weighted by Crippen LogP contribution is 2.32. The average Bonchev–Trinajstić information content (AvgIpc) is 3.19. The first kappa shape index (κ1) is 17.1. The van der Waals surface area contributed by atoms with E-state index in [0.29, 0.717) is 17.1 Å². The largest absolute Gasteiger partial charge is 0.492 e. The number of nitrogens with zero attached hydrogens (tertiary/aromatic N) is 1. The summed E-state index contributed by atoms with van der Waals surface area (Å²) in [5.74, 6) is 0.774. The topological polar surface area (TPSA) is 71.8 Å². The molecule has 6 nitrogen and oxygen atoms in total. The number of para-hydroxylation sites is 1. The van der Waals surface area contributed by atoms with Crippen LogP contribution in [0.15, 0.2) is 59.0 Å². The maximum atomic E-state index is 12.9. The maximum Gasteiger partial charge on any atom is 0.325 e. The molecular weight excluding hydrogens is 344 g/mol. The lowest BCUT2D eigenvalue weighted by molar-refractivity contribution is -0.131. The zero-order chi connectivity index (χ0) is 19.0. The van der Waals surface area contributed by atoms with Crippen LogP contribution in [0.1, 0.15) is 18.2 Å². The van der Waals surface area contributed by atoms with Crippen LogP contribution in [0.25, 0.3) is 11.0 Å². The Morgan fingerprint density at radius 1 is 1.11 bits per heavy atom. The van der Waals surface area contributed by atoms with E-state index in [4.69, 9.17) is 9.15 Å². The number of carbonyl (C=O) groups excluding carboxylic acids is 2. The molecular formula is C21H20N2O4. The van der Waals surface area contributed by atoms with Crippen LogP contribution in [-0.2, 0) is 10.3 Å². The van der Waals surface area contributed by atoms with Crippen molar-refractivity contribution in [2.45, 2.75) is 19.4 Å². The van der Waals surface area contributed by atoms with E-state index < -0.39 is 11.6 Å². The molecule has 1 aliphatic rings. The smallest absolute Gasteiger partial charge is 0.325 e. The molecule has 138 valence electrons. The second-order valence-corrected chi connectivity index (χ2v) is 6.82.